The van der Waals surface area contributed by atoms with Gasteiger partial charge >= 0.3 is 5.97 Å². The predicted octanol–water partition coefficient (Wildman–Crippen LogP) is 0.351. The minimum absolute atomic E-state index is 0. The van der Waals surface area contributed by atoms with Crippen LogP contribution in [0.15, 0.2) is 42.6 Å². The average molecular weight is 442 g/mol. The quantitative estimate of drug-likeness (QED) is 0.213. The maximum Gasteiger partial charge on any atom is 0.302 e. The third kappa shape index (κ3) is 3.51. The molecule has 5 rings (SSSR count). The lowest BCUT2D eigenvalue weighted by Gasteiger charge is -2.11. The molecule has 0 unspecified atom stereocenters. The molecule has 160 valence electrons. The van der Waals surface area contributed by atoms with Crippen molar-refractivity contribution in [2.45, 2.75) is 6.92 Å². The fourth-order valence-corrected chi connectivity index (χ4v) is 3.96. The molecule has 1 aliphatic heterocycles. The SMILES string of the molecule is CC(=O)OCCOc1ccc2c(c[n+](C)c3c4cc5c(cc4ccc23)OCO5)c1O.[Cl-]. The fourth-order valence-electron chi connectivity index (χ4n) is 3.96. The highest BCUT2D eigenvalue weighted by molar-refractivity contribution is 6.15. The van der Waals surface area contributed by atoms with Crippen molar-refractivity contribution in [2.75, 3.05) is 20.0 Å². The van der Waals surface area contributed by atoms with Gasteiger partial charge in [0.2, 0.25) is 12.3 Å². The Kier molecular flexibility index (Phi) is 5.37. The zero-order valence-electron chi connectivity index (χ0n) is 17.0. The van der Waals surface area contributed by atoms with Crippen LogP contribution in [0.2, 0.25) is 0 Å². The number of halogens is 1. The molecule has 0 spiro atoms. The Balaban J connectivity index is 0.00000231. The number of fused-ring (bicyclic) bond motifs is 6. The molecule has 3 aromatic carbocycles. The number of rotatable bonds is 4. The van der Waals surface area contributed by atoms with Crippen molar-refractivity contribution in [3.05, 3.63) is 42.6 Å². The Morgan fingerprint density at radius 3 is 2.55 bits per heavy atom. The summed E-state index contributed by atoms with van der Waals surface area (Å²) in [6.45, 7) is 1.86. The van der Waals surface area contributed by atoms with Gasteiger partial charge < -0.3 is 36.5 Å². The first-order chi connectivity index (χ1) is 14.5. The normalized spacial score (nSPS) is 12.2. The number of nitrogens with zero attached hydrogens (tertiary/aromatic N) is 1. The Morgan fingerprint density at radius 2 is 1.77 bits per heavy atom. The van der Waals surface area contributed by atoms with Crippen molar-refractivity contribution < 1.29 is 45.8 Å². The fraction of sp³-hybridized carbons (Fsp3) is 0.217. The minimum Gasteiger partial charge on any atom is -1.00 e. The van der Waals surface area contributed by atoms with Crippen LogP contribution in [-0.4, -0.2) is 31.1 Å². The molecule has 0 atom stereocenters. The van der Waals surface area contributed by atoms with Gasteiger partial charge in [0, 0.05) is 12.3 Å². The summed E-state index contributed by atoms with van der Waals surface area (Å²) in [5.41, 5.74) is 1.03. The third-order valence-electron chi connectivity index (χ3n) is 5.28. The molecule has 4 aromatic rings. The summed E-state index contributed by atoms with van der Waals surface area (Å²) in [5, 5.41) is 15.5. The molecule has 2 heterocycles. The van der Waals surface area contributed by atoms with Crippen molar-refractivity contribution >= 4 is 38.4 Å². The number of pyridine rings is 1. The highest BCUT2D eigenvalue weighted by Crippen LogP contribution is 2.41. The van der Waals surface area contributed by atoms with Crippen molar-refractivity contribution in [3.8, 4) is 23.0 Å². The summed E-state index contributed by atoms with van der Waals surface area (Å²) in [7, 11) is 1.94. The smallest absolute Gasteiger partial charge is 0.302 e. The largest absolute Gasteiger partial charge is 1.00 e. The van der Waals surface area contributed by atoms with Gasteiger partial charge in [-0.3, -0.25) is 4.79 Å². The molecule has 0 saturated carbocycles. The molecule has 0 saturated heterocycles. The van der Waals surface area contributed by atoms with E-state index in [9.17, 15) is 9.90 Å². The number of ether oxygens (including phenoxy) is 4. The molecule has 31 heavy (non-hydrogen) atoms. The van der Waals surface area contributed by atoms with Crippen LogP contribution in [0.25, 0.3) is 32.4 Å². The van der Waals surface area contributed by atoms with Crippen molar-refractivity contribution in [3.63, 3.8) is 0 Å². The number of phenols is 1. The third-order valence-corrected chi connectivity index (χ3v) is 5.28. The standard InChI is InChI=1S/C23H19NO6.ClH/c1-13(25)27-7-8-28-19-6-5-15-16-4-3-14-9-20-21(30-12-29-20)10-17(14)22(16)24(2)11-18(15)23(19)26;/h3-6,9-11H,7-8,12H2,1-2H3;1H. The van der Waals surface area contributed by atoms with Gasteiger partial charge in [-0.2, -0.15) is 4.57 Å². The minimum atomic E-state index is -0.366. The first kappa shape index (κ1) is 20.8. The predicted molar refractivity (Wildman–Crippen MR) is 110 cm³/mol. The summed E-state index contributed by atoms with van der Waals surface area (Å²) >= 11 is 0. The lowest BCUT2D eigenvalue weighted by molar-refractivity contribution is -0.642. The number of phenolic OH excluding ortho intramolecular Hbond substituents is 1. The molecular formula is C23H20ClNO6. The van der Waals surface area contributed by atoms with E-state index < -0.39 is 0 Å². The maximum absolute atomic E-state index is 10.9. The second-order valence-electron chi connectivity index (χ2n) is 7.19. The molecule has 0 bridgehead atoms. The van der Waals surface area contributed by atoms with Gasteiger partial charge in [-0.1, -0.05) is 6.07 Å². The van der Waals surface area contributed by atoms with E-state index in [2.05, 4.69) is 0 Å². The molecular weight excluding hydrogens is 422 g/mol. The molecule has 1 N–H and O–H groups in total. The molecule has 0 fully saturated rings. The number of aromatic hydroxyl groups is 1. The van der Waals surface area contributed by atoms with E-state index in [0.29, 0.717) is 11.1 Å². The lowest BCUT2D eigenvalue weighted by Crippen LogP contribution is -3.00. The van der Waals surface area contributed by atoms with Crippen molar-refractivity contribution in [1.82, 2.24) is 0 Å². The number of aromatic nitrogens is 1. The molecule has 7 nitrogen and oxygen atoms in total. The summed E-state index contributed by atoms with van der Waals surface area (Å²) < 4.78 is 23.5. The van der Waals surface area contributed by atoms with E-state index in [1.165, 1.54) is 6.92 Å². The monoisotopic (exact) mass is 441 g/mol. The number of carbonyl (C=O) groups excluding carboxylic acids is 1. The van der Waals surface area contributed by atoms with Crippen molar-refractivity contribution in [1.29, 1.82) is 0 Å². The first-order valence-electron chi connectivity index (χ1n) is 9.59. The number of esters is 1. The second kappa shape index (κ2) is 8.00. The molecule has 1 aliphatic rings. The van der Waals surface area contributed by atoms with E-state index in [1.807, 2.05) is 48.1 Å². The number of hydrogen-bond donors (Lipinski definition) is 1. The van der Waals surface area contributed by atoms with Crippen molar-refractivity contribution in [2.24, 2.45) is 7.05 Å². The van der Waals surface area contributed by atoms with Crippen LogP contribution in [-0.2, 0) is 16.6 Å². The van der Waals surface area contributed by atoms with Crippen LogP contribution in [0.4, 0.5) is 0 Å². The Morgan fingerprint density at radius 1 is 1.03 bits per heavy atom. The van der Waals surface area contributed by atoms with E-state index in [1.54, 1.807) is 6.07 Å². The Bertz CT molecular complexity index is 1340. The summed E-state index contributed by atoms with van der Waals surface area (Å²) in [6.07, 6.45) is 1.88. The van der Waals surface area contributed by atoms with Gasteiger partial charge in [0.05, 0.1) is 16.2 Å². The molecule has 0 radical (unpaired) electrons. The van der Waals surface area contributed by atoms with E-state index >= 15 is 0 Å². The van der Waals surface area contributed by atoms with E-state index in [-0.39, 0.29) is 44.1 Å². The highest BCUT2D eigenvalue weighted by Gasteiger charge is 2.21. The lowest BCUT2D eigenvalue weighted by atomic mass is 10.00. The van der Waals surface area contributed by atoms with Gasteiger partial charge in [0.25, 0.3) is 0 Å². The molecule has 0 amide bonds. The topological polar surface area (TPSA) is 78.1 Å². The average Bonchev–Trinajstić information content (AvgIpc) is 3.18. The van der Waals surface area contributed by atoms with Gasteiger partial charge in [-0.15, -0.1) is 0 Å². The highest BCUT2D eigenvalue weighted by atomic mass is 35.5. The van der Waals surface area contributed by atoms with Crippen LogP contribution in [0.5, 0.6) is 23.0 Å². The summed E-state index contributed by atoms with van der Waals surface area (Å²) in [5.74, 6) is 1.51. The molecule has 8 heteroatoms. The number of carbonyl (C=O) groups is 1. The first-order valence-corrected chi connectivity index (χ1v) is 9.59. The van der Waals surface area contributed by atoms with Gasteiger partial charge in [0.15, 0.2) is 29.2 Å². The molecule has 0 aliphatic carbocycles. The van der Waals surface area contributed by atoms with Crippen LogP contribution in [0.3, 0.4) is 0 Å². The summed E-state index contributed by atoms with van der Waals surface area (Å²) in [4.78, 5) is 10.9. The van der Waals surface area contributed by atoms with E-state index in [0.717, 1.165) is 38.6 Å². The van der Waals surface area contributed by atoms with E-state index in [4.69, 9.17) is 18.9 Å². The van der Waals surface area contributed by atoms with Gasteiger partial charge in [-0.25, -0.2) is 0 Å². The Hall–Kier alpha value is -3.45. The van der Waals surface area contributed by atoms with Gasteiger partial charge in [0.1, 0.15) is 20.3 Å². The number of aryl methyl sites for hydroxylation is 1. The number of hydrogen-bond acceptors (Lipinski definition) is 6. The zero-order chi connectivity index (χ0) is 20.8. The van der Waals surface area contributed by atoms with Crippen LogP contribution >= 0.6 is 0 Å². The van der Waals surface area contributed by atoms with Crippen LogP contribution < -0.4 is 31.2 Å². The van der Waals surface area contributed by atoms with Crippen LogP contribution in [0.1, 0.15) is 6.92 Å². The Labute approximate surface area is 184 Å². The molecule has 1 aromatic heterocycles. The van der Waals surface area contributed by atoms with Crippen LogP contribution in [0, 0.1) is 0 Å². The zero-order valence-corrected chi connectivity index (χ0v) is 17.7. The second-order valence-corrected chi connectivity index (χ2v) is 7.19. The summed E-state index contributed by atoms with van der Waals surface area (Å²) in [6, 6.07) is 11.7. The number of benzene rings is 3. The van der Waals surface area contributed by atoms with Gasteiger partial charge in [-0.05, 0) is 35.7 Å². The maximum atomic E-state index is 10.9.